The van der Waals surface area contributed by atoms with Crippen LogP contribution in [0.15, 0.2) is 0 Å². The molecule has 0 bridgehead atoms. The van der Waals surface area contributed by atoms with Gasteiger partial charge in [0.05, 0.1) is 5.69 Å². The van der Waals surface area contributed by atoms with Gasteiger partial charge in [-0.25, -0.2) is 0 Å². The molecule has 1 heterocycles. The van der Waals surface area contributed by atoms with Crippen molar-refractivity contribution in [1.82, 2.24) is 15.5 Å². The summed E-state index contributed by atoms with van der Waals surface area (Å²) in [5.74, 6) is 0.678. The highest BCUT2D eigenvalue weighted by Gasteiger charge is 2.24. The second kappa shape index (κ2) is 4.13. The molecule has 14 heavy (non-hydrogen) atoms. The molecule has 3 nitrogen and oxygen atoms in total. The largest absolute Gasteiger partial charge is 0.319 e. The van der Waals surface area contributed by atoms with Gasteiger partial charge in [-0.2, -0.15) is 5.10 Å². The summed E-state index contributed by atoms with van der Waals surface area (Å²) in [5, 5.41) is 10.9. The Balaban J connectivity index is 2.30. The predicted octanol–water partition coefficient (Wildman–Crippen LogP) is 1.61. The molecule has 0 saturated carbocycles. The Morgan fingerprint density at radius 1 is 1.57 bits per heavy atom. The number of hydrogen-bond donors (Lipinski definition) is 2. The Morgan fingerprint density at radius 2 is 2.43 bits per heavy atom. The van der Waals surface area contributed by atoms with Gasteiger partial charge in [-0.1, -0.05) is 6.92 Å². The number of fused-ring (bicyclic) bond motifs is 1. The molecule has 1 unspecified atom stereocenters. The lowest BCUT2D eigenvalue weighted by molar-refractivity contribution is 0.523. The minimum atomic E-state index is 0.678. The van der Waals surface area contributed by atoms with Crippen LogP contribution >= 0.6 is 0 Å². The highest BCUT2D eigenvalue weighted by atomic mass is 15.1. The highest BCUT2D eigenvalue weighted by molar-refractivity contribution is 5.32. The predicted molar refractivity (Wildman–Crippen MR) is 57.6 cm³/mol. The maximum absolute atomic E-state index is 4.40. The topological polar surface area (TPSA) is 40.7 Å². The third kappa shape index (κ3) is 1.57. The molecule has 1 atom stereocenters. The molecule has 0 amide bonds. The van der Waals surface area contributed by atoms with Gasteiger partial charge in [-0.05, 0) is 38.6 Å². The fourth-order valence-electron chi connectivity index (χ4n) is 2.49. The Hall–Kier alpha value is -0.830. The number of aromatic amines is 1. The van der Waals surface area contributed by atoms with Crippen LogP contribution in [0.1, 0.15) is 42.6 Å². The molecule has 2 N–H and O–H groups in total. The van der Waals surface area contributed by atoms with Crippen molar-refractivity contribution in [1.29, 1.82) is 0 Å². The van der Waals surface area contributed by atoms with Gasteiger partial charge in [0.15, 0.2) is 0 Å². The monoisotopic (exact) mass is 193 g/mol. The summed E-state index contributed by atoms with van der Waals surface area (Å²) < 4.78 is 0. The molecular weight excluding hydrogens is 174 g/mol. The average molecular weight is 193 g/mol. The van der Waals surface area contributed by atoms with E-state index in [0.717, 1.165) is 13.0 Å². The fraction of sp³-hybridized carbons (Fsp3) is 0.727. The minimum Gasteiger partial charge on any atom is -0.319 e. The summed E-state index contributed by atoms with van der Waals surface area (Å²) >= 11 is 0. The van der Waals surface area contributed by atoms with Gasteiger partial charge < -0.3 is 5.32 Å². The molecule has 1 aromatic heterocycles. The van der Waals surface area contributed by atoms with Crippen LogP contribution in [0.4, 0.5) is 0 Å². The Kier molecular flexibility index (Phi) is 2.87. The maximum Gasteiger partial charge on any atom is 0.0657 e. The minimum absolute atomic E-state index is 0.678. The standard InChI is InChI=1S/C11H19N3/c1-3-9-11-8(7-12-2)5-4-6-10(11)14-13-9/h8,12H,3-7H2,1-2H3,(H,13,14). The van der Waals surface area contributed by atoms with Crippen LogP contribution in [0.3, 0.4) is 0 Å². The number of rotatable bonds is 3. The Morgan fingerprint density at radius 3 is 3.14 bits per heavy atom. The van der Waals surface area contributed by atoms with E-state index < -0.39 is 0 Å². The Labute approximate surface area is 85.3 Å². The number of nitrogens with one attached hydrogen (secondary N) is 2. The van der Waals surface area contributed by atoms with Crippen molar-refractivity contribution in [2.24, 2.45) is 0 Å². The van der Waals surface area contributed by atoms with Crippen molar-refractivity contribution in [2.75, 3.05) is 13.6 Å². The van der Waals surface area contributed by atoms with Gasteiger partial charge in [0.1, 0.15) is 0 Å². The van der Waals surface area contributed by atoms with Crippen LogP contribution in [-0.4, -0.2) is 23.8 Å². The third-order valence-electron chi connectivity index (χ3n) is 3.13. The van der Waals surface area contributed by atoms with E-state index in [2.05, 4.69) is 22.4 Å². The van der Waals surface area contributed by atoms with E-state index in [1.54, 1.807) is 0 Å². The summed E-state index contributed by atoms with van der Waals surface area (Å²) in [6.45, 7) is 3.26. The van der Waals surface area contributed by atoms with E-state index >= 15 is 0 Å². The number of aromatic nitrogens is 2. The van der Waals surface area contributed by atoms with Crippen molar-refractivity contribution in [3.8, 4) is 0 Å². The van der Waals surface area contributed by atoms with Gasteiger partial charge in [0.2, 0.25) is 0 Å². The lowest BCUT2D eigenvalue weighted by Gasteiger charge is -2.22. The lowest BCUT2D eigenvalue weighted by atomic mass is 9.85. The smallest absolute Gasteiger partial charge is 0.0657 e. The summed E-state index contributed by atoms with van der Waals surface area (Å²) in [7, 11) is 2.03. The van der Waals surface area contributed by atoms with Crippen molar-refractivity contribution in [3.63, 3.8) is 0 Å². The molecule has 3 heteroatoms. The van der Waals surface area contributed by atoms with Gasteiger partial charge in [0.25, 0.3) is 0 Å². The van der Waals surface area contributed by atoms with E-state index in [4.69, 9.17) is 0 Å². The van der Waals surface area contributed by atoms with Crippen molar-refractivity contribution in [2.45, 2.75) is 38.5 Å². The molecule has 1 aliphatic carbocycles. The number of likely N-dealkylation sites (N-methyl/N-ethyl adjacent to an activating group) is 1. The normalized spacial score (nSPS) is 20.9. The van der Waals surface area contributed by atoms with E-state index in [9.17, 15) is 0 Å². The first-order valence-corrected chi connectivity index (χ1v) is 5.57. The summed E-state index contributed by atoms with van der Waals surface area (Å²) in [6.07, 6.45) is 4.83. The number of H-pyrrole nitrogens is 1. The average Bonchev–Trinajstić information content (AvgIpc) is 2.62. The number of nitrogens with zero attached hydrogens (tertiary/aromatic N) is 1. The molecule has 0 aliphatic heterocycles. The highest BCUT2D eigenvalue weighted by Crippen LogP contribution is 2.32. The lowest BCUT2D eigenvalue weighted by Crippen LogP contribution is -2.21. The summed E-state index contributed by atoms with van der Waals surface area (Å²) in [6, 6.07) is 0. The molecule has 78 valence electrons. The second-order valence-electron chi connectivity index (χ2n) is 4.06. The zero-order chi connectivity index (χ0) is 9.97. The van der Waals surface area contributed by atoms with Crippen LogP contribution in [0, 0.1) is 0 Å². The molecule has 0 saturated heterocycles. The second-order valence-corrected chi connectivity index (χ2v) is 4.06. The van der Waals surface area contributed by atoms with Crippen LogP contribution in [0.5, 0.6) is 0 Å². The van der Waals surface area contributed by atoms with Crippen LogP contribution in [0.2, 0.25) is 0 Å². The van der Waals surface area contributed by atoms with Gasteiger partial charge in [-0.3, -0.25) is 5.10 Å². The first-order valence-electron chi connectivity index (χ1n) is 5.57. The van der Waals surface area contributed by atoms with Crippen LogP contribution < -0.4 is 5.32 Å². The fourth-order valence-corrected chi connectivity index (χ4v) is 2.49. The zero-order valence-corrected chi connectivity index (χ0v) is 9.06. The van der Waals surface area contributed by atoms with E-state index in [0.29, 0.717) is 5.92 Å². The maximum atomic E-state index is 4.40. The quantitative estimate of drug-likeness (QED) is 0.765. The van der Waals surface area contributed by atoms with Gasteiger partial charge in [-0.15, -0.1) is 0 Å². The molecule has 0 radical (unpaired) electrons. The Bertz CT molecular complexity index is 290. The SMILES string of the molecule is CCc1n[nH]c2c1C(CNC)CCC2. The molecule has 0 spiro atoms. The van der Waals surface area contributed by atoms with Crippen molar-refractivity contribution < 1.29 is 0 Å². The summed E-state index contributed by atoms with van der Waals surface area (Å²) in [5.41, 5.74) is 4.17. The first-order chi connectivity index (χ1) is 6.86. The van der Waals surface area contributed by atoms with Crippen molar-refractivity contribution >= 4 is 0 Å². The number of hydrogen-bond acceptors (Lipinski definition) is 2. The number of aryl methyl sites for hydroxylation is 2. The molecule has 1 aromatic rings. The molecule has 0 fully saturated rings. The first kappa shape index (κ1) is 9.71. The van der Waals surface area contributed by atoms with E-state index in [1.165, 1.54) is 36.2 Å². The van der Waals surface area contributed by atoms with Crippen LogP contribution in [-0.2, 0) is 12.8 Å². The molecule has 2 rings (SSSR count). The van der Waals surface area contributed by atoms with Crippen molar-refractivity contribution in [3.05, 3.63) is 17.0 Å². The van der Waals surface area contributed by atoms with Gasteiger partial charge in [0, 0.05) is 17.8 Å². The van der Waals surface area contributed by atoms with E-state index in [-0.39, 0.29) is 0 Å². The zero-order valence-electron chi connectivity index (χ0n) is 9.06. The molecular formula is C11H19N3. The molecule has 0 aromatic carbocycles. The third-order valence-corrected chi connectivity index (χ3v) is 3.13. The summed E-state index contributed by atoms with van der Waals surface area (Å²) in [4.78, 5) is 0. The van der Waals surface area contributed by atoms with Gasteiger partial charge >= 0.3 is 0 Å². The van der Waals surface area contributed by atoms with E-state index in [1.807, 2.05) is 7.05 Å². The molecule has 1 aliphatic rings. The van der Waals surface area contributed by atoms with Crippen LogP contribution in [0.25, 0.3) is 0 Å².